The first-order chi connectivity index (χ1) is 8.61. The summed E-state index contributed by atoms with van der Waals surface area (Å²) in [6, 6.07) is -1.17. The van der Waals surface area contributed by atoms with Crippen molar-refractivity contribution in [1.29, 1.82) is 0 Å². The highest BCUT2D eigenvalue weighted by Gasteiger charge is 2.18. The largest absolute Gasteiger partial charge is 0.480 e. The fraction of sp³-hybridized carbons (Fsp3) is 0.833. The van der Waals surface area contributed by atoms with Crippen molar-refractivity contribution >= 4 is 23.8 Å². The molecule has 0 radical (unpaired) electrons. The SMILES string of the molecule is CCCCC(NC(=O)NCCCSCC)C(=O)O. The Balaban J connectivity index is 3.77. The molecule has 0 bridgehead atoms. The normalized spacial score (nSPS) is 11.9. The summed E-state index contributed by atoms with van der Waals surface area (Å²) in [6.45, 7) is 4.67. The van der Waals surface area contributed by atoms with Crippen LogP contribution in [0.5, 0.6) is 0 Å². The molecule has 0 aliphatic rings. The summed E-state index contributed by atoms with van der Waals surface area (Å²) in [4.78, 5) is 22.4. The van der Waals surface area contributed by atoms with Gasteiger partial charge in [0, 0.05) is 6.54 Å². The molecule has 0 saturated carbocycles. The number of unbranched alkanes of at least 4 members (excludes halogenated alkanes) is 1. The number of hydrogen-bond donors (Lipinski definition) is 3. The summed E-state index contributed by atoms with van der Waals surface area (Å²) in [6.07, 6.45) is 3.09. The second kappa shape index (κ2) is 11.2. The van der Waals surface area contributed by atoms with E-state index < -0.39 is 12.0 Å². The van der Waals surface area contributed by atoms with E-state index in [2.05, 4.69) is 17.6 Å². The molecule has 6 heteroatoms. The molecule has 0 aromatic heterocycles. The smallest absolute Gasteiger partial charge is 0.326 e. The highest BCUT2D eigenvalue weighted by atomic mass is 32.2. The van der Waals surface area contributed by atoms with Gasteiger partial charge in [-0.25, -0.2) is 9.59 Å². The quantitative estimate of drug-likeness (QED) is 0.534. The van der Waals surface area contributed by atoms with Gasteiger partial charge in [-0.15, -0.1) is 0 Å². The number of amides is 2. The maximum Gasteiger partial charge on any atom is 0.326 e. The minimum atomic E-state index is -0.972. The lowest BCUT2D eigenvalue weighted by atomic mass is 10.1. The van der Waals surface area contributed by atoms with Crippen LogP contribution in [-0.2, 0) is 4.79 Å². The molecule has 0 heterocycles. The molecule has 0 aromatic rings. The molecule has 0 aliphatic carbocycles. The van der Waals surface area contributed by atoms with Gasteiger partial charge in [0.1, 0.15) is 6.04 Å². The van der Waals surface area contributed by atoms with Crippen LogP contribution in [-0.4, -0.2) is 41.2 Å². The number of rotatable bonds is 10. The minimum Gasteiger partial charge on any atom is -0.480 e. The molecule has 1 atom stereocenters. The number of hydrogen-bond acceptors (Lipinski definition) is 3. The molecule has 0 saturated heterocycles. The monoisotopic (exact) mass is 276 g/mol. The number of urea groups is 1. The number of aliphatic carboxylic acids is 1. The van der Waals surface area contributed by atoms with Crippen molar-refractivity contribution in [2.24, 2.45) is 0 Å². The van der Waals surface area contributed by atoms with Gasteiger partial charge in [0.25, 0.3) is 0 Å². The van der Waals surface area contributed by atoms with Crippen molar-refractivity contribution in [3.05, 3.63) is 0 Å². The van der Waals surface area contributed by atoms with Crippen molar-refractivity contribution in [3.8, 4) is 0 Å². The highest BCUT2D eigenvalue weighted by Crippen LogP contribution is 2.01. The fourth-order valence-corrected chi connectivity index (χ4v) is 2.03. The summed E-state index contributed by atoms with van der Waals surface area (Å²) >= 11 is 1.82. The lowest BCUT2D eigenvalue weighted by molar-refractivity contribution is -0.139. The molecule has 0 aliphatic heterocycles. The van der Waals surface area contributed by atoms with Crippen LogP contribution in [0.4, 0.5) is 4.79 Å². The van der Waals surface area contributed by atoms with E-state index in [1.807, 2.05) is 18.7 Å². The topological polar surface area (TPSA) is 78.4 Å². The Morgan fingerprint density at radius 2 is 2.00 bits per heavy atom. The van der Waals surface area contributed by atoms with Crippen molar-refractivity contribution in [1.82, 2.24) is 10.6 Å². The van der Waals surface area contributed by atoms with E-state index in [4.69, 9.17) is 5.11 Å². The average Bonchev–Trinajstić information content (AvgIpc) is 2.33. The van der Waals surface area contributed by atoms with E-state index in [9.17, 15) is 9.59 Å². The summed E-state index contributed by atoms with van der Waals surface area (Å²) in [5.41, 5.74) is 0. The summed E-state index contributed by atoms with van der Waals surface area (Å²) in [7, 11) is 0. The standard InChI is InChI=1S/C12H24N2O3S/c1-3-5-7-10(11(15)16)14-12(17)13-8-6-9-18-4-2/h10H,3-9H2,1-2H3,(H,15,16)(H2,13,14,17). The number of carboxylic acid groups (broad SMARTS) is 1. The van der Waals surface area contributed by atoms with Gasteiger partial charge in [0.15, 0.2) is 0 Å². The number of nitrogens with one attached hydrogen (secondary N) is 2. The third kappa shape index (κ3) is 9.15. The molecule has 3 N–H and O–H groups in total. The van der Waals surface area contributed by atoms with Crippen LogP contribution >= 0.6 is 11.8 Å². The van der Waals surface area contributed by atoms with Gasteiger partial charge >= 0.3 is 12.0 Å². The Morgan fingerprint density at radius 1 is 1.28 bits per heavy atom. The Morgan fingerprint density at radius 3 is 2.56 bits per heavy atom. The van der Waals surface area contributed by atoms with Gasteiger partial charge < -0.3 is 15.7 Å². The van der Waals surface area contributed by atoms with Crippen LogP contribution in [0.1, 0.15) is 39.5 Å². The van der Waals surface area contributed by atoms with Crippen LogP contribution in [0.15, 0.2) is 0 Å². The zero-order valence-electron chi connectivity index (χ0n) is 11.2. The molecule has 0 fully saturated rings. The molecule has 0 spiro atoms. The van der Waals surface area contributed by atoms with Gasteiger partial charge in [-0.05, 0) is 24.3 Å². The summed E-state index contributed by atoms with van der Waals surface area (Å²) in [5, 5.41) is 14.1. The van der Waals surface area contributed by atoms with Crippen LogP contribution < -0.4 is 10.6 Å². The average molecular weight is 276 g/mol. The van der Waals surface area contributed by atoms with E-state index in [1.54, 1.807) is 0 Å². The lowest BCUT2D eigenvalue weighted by Crippen LogP contribution is -2.46. The summed E-state index contributed by atoms with van der Waals surface area (Å²) < 4.78 is 0. The Bertz CT molecular complexity index is 249. The first-order valence-corrected chi connectivity index (χ1v) is 7.62. The second-order valence-corrected chi connectivity index (χ2v) is 5.38. The molecule has 0 aromatic carbocycles. The van der Waals surface area contributed by atoms with E-state index in [-0.39, 0.29) is 6.03 Å². The molecule has 106 valence electrons. The van der Waals surface area contributed by atoms with Crippen molar-refractivity contribution in [2.45, 2.75) is 45.6 Å². The van der Waals surface area contributed by atoms with Gasteiger partial charge in [-0.1, -0.05) is 26.7 Å². The van der Waals surface area contributed by atoms with Crippen LogP contribution in [0.25, 0.3) is 0 Å². The van der Waals surface area contributed by atoms with E-state index >= 15 is 0 Å². The summed E-state index contributed by atoms with van der Waals surface area (Å²) in [5.74, 6) is 1.11. The van der Waals surface area contributed by atoms with Crippen LogP contribution in [0.2, 0.25) is 0 Å². The van der Waals surface area contributed by atoms with E-state index in [0.717, 1.165) is 30.8 Å². The third-order valence-corrected chi connectivity index (χ3v) is 3.39. The molecule has 5 nitrogen and oxygen atoms in total. The van der Waals surface area contributed by atoms with Crippen LogP contribution in [0, 0.1) is 0 Å². The number of carbonyl (C=O) groups is 2. The first kappa shape index (κ1) is 17.1. The van der Waals surface area contributed by atoms with Crippen molar-refractivity contribution in [3.63, 3.8) is 0 Å². The zero-order chi connectivity index (χ0) is 13.8. The Labute approximate surface area is 113 Å². The molecular formula is C12H24N2O3S. The maximum absolute atomic E-state index is 11.5. The Hall–Kier alpha value is -0.910. The Kier molecular flexibility index (Phi) is 10.6. The third-order valence-electron chi connectivity index (χ3n) is 2.40. The lowest BCUT2D eigenvalue weighted by Gasteiger charge is -2.14. The predicted molar refractivity (Wildman–Crippen MR) is 75.1 cm³/mol. The van der Waals surface area contributed by atoms with Crippen molar-refractivity contribution in [2.75, 3.05) is 18.1 Å². The molecule has 0 rings (SSSR count). The fourth-order valence-electron chi connectivity index (χ4n) is 1.40. The van der Waals surface area contributed by atoms with Gasteiger partial charge in [0.2, 0.25) is 0 Å². The first-order valence-electron chi connectivity index (χ1n) is 6.46. The van der Waals surface area contributed by atoms with Gasteiger partial charge in [-0.2, -0.15) is 11.8 Å². The highest BCUT2D eigenvalue weighted by molar-refractivity contribution is 7.99. The second-order valence-electron chi connectivity index (χ2n) is 3.98. The number of thioether (sulfide) groups is 1. The van der Waals surface area contributed by atoms with Crippen LogP contribution in [0.3, 0.4) is 0 Å². The van der Waals surface area contributed by atoms with E-state index in [0.29, 0.717) is 13.0 Å². The maximum atomic E-state index is 11.5. The number of carboxylic acids is 1. The number of carbonyl (C=O) groups excluding carboxylic acids is 1. The molecule has 2 amide bonds. The molecule has 1 unspecified atom stereocenters. The van der Waals surface area contributed by atoms with Crippen molar-refractivity contribution < 1.29 is 14.7 Å². The minimum absolute atomic E-state index is 0.389. The van der Waals surface area contributed by atoms with Gasteiger partial charge in [0.05, 0.1) is 0 Å². The molecular weight excluding hydrogens is 252 g/mol. The zero-order valence-corrected chi connectivity index (χ0v) is 12.0. The van der Waals surface area contributed by atoms with E-state index in [1.165, 1.54) is 0 Å². The molecule has 18 heavy (non-hydrogen) atoms. The predicted octanol–water partition coefficient (Wildman–Crippen LogP) is 2.07. The van der Waals surface area contributed by atoms with Gasteiger partial charge in [-0.3, -0.25) is 0 Å².